The van der Waals surface area contributed by atoms with E-state index < -0.39 is 23.0 Å². The van der Waals surface area contributed by atoms with Crippen molar-refractivity contribution in [3.63, 3.8) is 0 Å². The molecular weight excluding hydrogens is 357 g/mol. The summed E-state index contributed by atoms with van der Waals surface area (Å²) in [7, 11) is 0. The first kappa shape index (κ1) is 18.3. The molecule has 1 atom stereocenters. The van der Waals surface area contributed by atoms with E-state index in [1.807, 2.05) is 6.92 Å². The van der Waals surface area contributed by atoms with Crippen LogP contribution >= 0.6 is 11.8 Å². The second-order valence-corrected chi connectivity index (χ2v) is 7.00. The van der Waals surface area contributed by atoms with Crippen molar-refractivity contribution in [3.8, 4) is 0 Å². The molecule has 1 aromatic carbocycles. The summed E-state index contributed by atoms with van der Waals surface area (Å²) >= 11 is 1.32. The van der Waals surface area contributed by atoms with Crippen molar-refractivity contribution in [2.45, 2.75) is 25.0 Å². The molecule has 1 aromatic rings. The predicted octanol–water partition coefficient (Wildman–Crippen LogP) is 2.61. The van der Waals surface area contributed by atoms with Gasteiger partial charge in [-0.15, -0.1) is 11.8 Å². The molecule has 136 valence electrons. The average molecular weight is 376 g/mol. The molecule has 26 heavy (non-hydrogen) atoms. The molecule has 0 spiro atoms. The quantitative estimate of drug-likeness (QED) is 0.775. The Morgan fingerprint density at radius 1 is 1.35 bits per heavy atom. The number of anilines is 1. The van der Waals surface area contributed by atoms with Crippen molar-refractivity contribution in [3.05, 3.63) is 41.6 Å². The predicted molar refractivity (Wildman–Crippen MR) is 97.7 cm³/mol. The zero-order valence-corrected chi connectivity index (χ0v) is 15.1. The molecule has 2 aliphatic rings. The van der Waals surface area contributed by atoms with E-state index in [1.54, 1.807) is 17.6 Å². The van der Waals surface area contributed by atoms with Crippen LogP contribution < -0.4 is 5.32 Å². The third-order valence-corrected chi connectivity index (χ3v) is 5.18. The van der Waals surface area contributed by atoms with E-state index in [-0.39, 0.29) is 18.1 Å². The highest BCUT2D eigenvalue weighted by Crippen LogP contribution is 2.28. The smallest absolute Gasteiger partial charge is 0.320 e. The lowest BCUT2D eigenvalue weighted by molar-refractivity contribution is -0.425. The number of hydrogen-bond donors (Lipinski definition) is 1. The number of nitrogens with zero attached hydrogens (tertiary/aromatic N) is 2. The third-order valence-electron chi connectivity index (χ3n) is 4.17. The normalized spacial score (nSPS) is 19.2. The largest absolute Gasteiger partial charge is 0.501 e. The molecule has 0 aliphatic carbocycles. The topological polar surface area (TPSA) is 69.5 Å². The van der Waals surface area contributed by atoms with E-state index in [4.69, 9.17) is 0 Å². The molecule has 3 rings (SSSR count). The summed E-state index contributed by atoms with van der Waals surface area (Å²) in [5, 5.41) is 3.71. The van der Waals surface area contributed by atoms with Crippen molar-refractivity contribution in [2.24, 2.45) is 0 Å². The number of carbonyl (C=O) groups excluding carboxylic acids is 3. The third kappa shape index (κ3) is 3.55. The Morgan fingerprint density at radius 2 is 2.12 bits per heavy atom. The minimum atomic E-state index is -0.549. The molecule has 0 saturated carbocycles. The zero-order chi connectivity index (χ0) is 18.7. The van der Waals surface area contributed by atoms with Gasteiger partial charge in [0.15, 0.2) is 11.8 Å². The first-order valence-corrected chi connectivity index (χ1v) is 9.33. The minimum Gasteiger partial charge on any atom is -0.320 e. The van der Waals surface area contributed by atoms with Gasteiger partial charge in [0.25, 0.3) is 5.91 Å². The summed E-state index contributed by atoms with van der Waals surface area (Å²) < 4.78 is 15.0. The highest BCUT2D eigenvalue weighted by atomic mass is 32.2. The second kappa shape index (κ2) is 7.82. The Hall–Kier alpha value is -2.48. The Morgan fingerprint density at radius 3 is 2.85 bits per heavy atom. The Bertz CT molecular complexity index is 822. The maximum absolute atomic E-state index is 13.7. The summed E-state index contributed by atoms with van der Waals surface area (Å²) in [5.41, 5.74) is 0.556. The molecule has 6 nitrogen and oxygen atoms in total. The van der Waals surface area contributed by atoms with Crippen LogP contribution in [-0.4, -0.2) is 51.4 Å². The van der Waals surface area contributed by atoms with Crippen LogP contribution in [0.3, 0.4) is 0 Å². The minimum absolute atomic E-state index is 0.0544. The van der Waals surface area contributed by atoms with E-state index >= 15 is 0 Å². The number of para-hydroxylation sites is 1. The van der Waals surface area contributed by atoms with E-state index in [0.29, 0.717) is 18.7 Å². The van der Waals surface area contributed by atoms with Crippen LogP contribution in [0.1, 0.15) is 19.8 Å². The van der Waals surface area contributed by atoms with Gasteiger partial charge in [-0.1, -0.05) is 25.5 Å². The van der Waals surface area contributed by atoms with Crippen LogP contribution in [-0.2, 0) is 9.59 Å². The maximum Gasteiger partial charge on any atom is 0.501 e. The average Bonchev–Trinajstić information content (AvgIpc) is 3.10. The number of halogens is 1. The molecule has 2 aliphatic heterocycles. The van der Waals surface area contributed by atoms with E-state index in [1.165, 1.54) is 39.4 Å². The van der Waals surface area contributed by atoms with Crippen LogP contribution in [0.25, 0.3) is 0 Å². The zero-order valence-electron chi connectivity index (χ0n) is 14.3. The number of urea groups is 1. The van der Waals surface area contributed by atoms with Crippen LogP contribution in [0.2, 0.25) is 0 Å². The number of rotatable bonds is 6. The van der Waals surface area contributed by atoms with Gasteiger partial charge < -0.3 is 5.32 Å². The number of fused-ring (bicyclic) bond motifs is 1. The summed E-state index contributed by atoms with van der Waals surface area (Å²) in [6.07, 6.45) is 3.23. The number of nitrogens with one attached hydrogen (secondary N) is 1. The molecule has 0 aromatic heterocycles. The summed E-state index contributed by atoms with van der Waals surface area (Å²) in [4.78, 5) is 38.8. The summed E-state index contributed by atoms with van der Waals surface area (Å²) in [5.74, 6) is -1.32. The number of allylic oxidation sites excluding steroid dienone is 1. The van der Waals surface area contributed by atoms with Crippen LogP contribution in [0.5, 0.6) is 0 Å². The first-order chi connectivity index (χ1) is 12.5. The number of hydrogen-bond acceptors (Lipinski definition) is 4. The van der Waals surface area contributed by atoms with Crippen LogP contribution in [0.4, 0.5) is 14.9 Å². The number of thioether (sulfide) groups is 1. The number of amides is 4. The Labute approximate surface area is 154 Å². The fourth-order valence-corrected chi connectivity index (χ4v) is 3.79. The standard InChI is InChI=1S/C18H18FN3O3S/c1-2-3-9-21-17(24)16-14(8-10-26-16)22(18(21)25)11-15(23)20-13-7-5-4-6-12(13)19/h4-8,10,16H,2-3,9,11H2,1H3/p+1. The van der Waals surface area contributed by atoms with Gasteiger partial charge in [0.2, 0.25) is 0 Å². The number of benzene rings is 1. The number of imide groups is 1. The Kier molecular flexibility index (Phi) is 5.51. The SMILES string of the molecule is CCCCN1C(=O)C2SC=CC2=[N+](CC(=O)Nc2ccccc2F)C1=O. The van der Waals surface area contributed by atoms with Crippen molar-refractivity contribution in [1.29, 1.82) is 0 Å². The van der Waals surface area contributed by atoms with Crippen molar-refractivity contribution in [2.75, 3.05) is 18.4 Å². The van der Waals surface area contributed by atoms with Gasteiger partial charge in [-0.2, -0.15) is 14.3 Å². The molecule has 0 saturated heterocycles. The molecule has 8 heteroatoms. The molecule has 1 N–H and O–H groups in total. The van der Waals surface area contributed by atoms with Gasteiger partial charge in [0.05, 0.1) is 12.2 Å². The molecule has 0 radical (unpaired) electrons. The van der Waals surface area contributed by atoms with E-state index in [9.17, 15) is 18.8 Å². The fraction of sp³-hybridized carbons (Fsp3) is 0.333. The van der Waals surface area contributed by atoms with Gasteiger partial charge >= 0.3 is 11.9 Å². The van der Waals surface area contributed by atoms with Crippen molar-refractivity contribution < 1.29 is 23.3 Å². The summed E-state index contributed by atoms with van der Waals surface area (Å²) in [6, 6.07) is 5.32. The first-order valence-electron chi connectivity index (χ1n) is 8.39. The maximum atomic E-state index is 13.7. The number of unbranched alkanes of at least 4 members (excludes halogenated alkanes) is 1. The van der Waals surface area contributed by atoms with Crippen LogP contribution in [0, 0.1) is 5.82 Å². The lowest BCUT2D eigenvalue weighted by atomic mass is 10.1. The highest BCUT2D eigenvalue weighted by Gasteiger charge is 2.49. The van der Waals surface area contributed by atoms with Gasteiger partial charge in [0.1, 0.15) is 11.5 Å². The van der Waals surface area contributed by atoms with Crippen molar-refractivity contribution >= 4 is 41.0 Å². The second-order valence-electron chi connectivity index (χ2n) is 5.98. The molecular formula is C18H19FN3O3S+. The van der Waals surface area contributed by atoms with Gasteiger partial charge in [-0.25, -0.2) is 9.18 Å². The molecule has 0 bridgehead atoms. The molecule has 2 heterocycles. The number of carbonyl (C=O) groups is 3. The highest BCUT2D eigenvalue weighted by molar-refractivity contribution is 8.04. The van der Waals surface area contributed by atoms with Crippen molar-refractivity contribution in [1.82, 2.24) is 4.90 Å². The molecule has 0 fully saturated rings. The van der Waals surface area contributed by atoms with E-state index in [0.717, 1.165) is 6.42 Å². The Balaban J connectivity index is 1.82. The molecule has 1 unspecified atom stereocenters. The van der Waals surface area contributed by atoms with Crippen LogP contribution in [0.15, 0.2) is 35.7 Å². The lowest BCUT2D eigenvalue weighted by Crippen LogP contribution is -2.56. The monoisotopic (exact) mass is 376 g/mol. The van der Waals surface area contributed by atoms with E-state index in [2.05, 4.69) is 5.32 Å². The summed E-state index contributed by atoms with van der Waals surface area (Å²) in [6.45, 7) is 2.02. The van der Waals surface area contributed by atoms with Gasteiger partial charge in [-0.05, 0) is 30.0 Å². The van der Waals surface area contributed by atoms with Gasteiger partial charge in [0, 0.05) is 0 Å². The fourth-order valence-electron chi connectivity index (χ4n) is 2.83. The lowest BCUT2D eigenvalue weighted by Gasteiger charge is -2.24. The van der Waals surface area contributed by atoms with Gasteiger partial charge in [-0.3, -0.25) is 4.79 Å². The molecule has 4 amide bonds.